The smallest absolute Gasteiger partial charge is 0.255 e. The summed E-state index contributed by atoms with van der Waals surface area (Å²) in [7, 11) is 0. The van der Waals surface area contributed by atoms with Gasteiger partial charge in [-0.1, -0.05) is 0 Å². The van der Waals surface area contributed by atoms with Crippen LogP contribution in [0.25, 0.3) is 0 Å². The first-order valence-corrected chi connectivity index (χ1v) is 7.84. The van der Waals surface area contributed by atoms with E-state index in [0.717, 1.165) is 18.1 Å². The summed E-state index contributed by atoms with van der Waals surface area (Å²) >= 11 is 0. The van der Waals surface area contributed by atoms with E-state index in [-0.39, 0.29) is 5.91 Å². The van der Waals surface area contributed by atoms with Crippen molar-refractivity contribution in [3.05, 3.63) is 42.1 Å². The van der Waals surface area contributed by atoms with Crippen molar-refractivity contribution in [1.29, 1.82) is 0 Å². The van der Waals surface area contributed by atoms with E-state index < -0.39 is 0 Å². The minimum atomic E-state index is 0.0106. The van der Waals surface area contributed by atoms with Crippen molar-refractivity contribution < 1.29 is 9.53 Å². The lowest BCUT2D eigenvalue weighted by Crippen LogP contribution is -2.40. The summed E-state index contributed by atoms with van der Waals surface area (Å²) in [5, 5.41) is 3.25. The van der Waals surface area contributed by atoms with E-state index in [1.165, 1.54) is 0 Å². The van der Waals surface area contributed by atoms with Gasteiger partial charge in [0, 0.05) is 32.0 Å². The lowest BCUT2D eigenvalue weighted by Gasteiger charge is -2.26. The number of carbonyl (C=O) groups excluding carboxylic acids is 1. The zero-order chi connectivity index (χ0) is 16.1. The second-order valence-electron chi connectivity index (χ2n) is 5.36. The Morgan fingerprint density at radius 2 is 2.13 bits per heavy atom. The van der Waals surface area contributed by atoms with Gasteiger partial charge in [0.2, 0.25) is 0 Å². The van der Waals surface area contributed by atoms with Crippen molar-refractivity contribution in [2.24, 2.45) is 0 Å². The Morgan fingerprint density at radius 3 is 2.83 bits per heavy atom. The number of amides is 1. The van der Waals surface area contributed by atoms with Crippen LogP contribution < -0.4 is 5.32 Å². The van der Waals surface area contributed by atoms with Gasteiger partial charge in [-0.15, -0.1) is 0 Å². The largest absolute Gasteiger partial charge is 0.378 e. The fourth-order valence-electron chi connectivity index (χ4n) is 2.54. The maximum absolute atomic E-state index is 12.3. The average molecular weight is 315 g/mol. The first kappa shape index (κ1) is 15.5. The molecular weight excluding hydrogens is 294 g/mol. The number of carbonyl (C=O) groups is 1. The Kier molecular flexibility index (Phi) is 4.87. The minimum Gasteiger partial charge on any atom is -0.378 e. The van der Waals surface area contributed by atoms with E-state index in [1.807, 2.05) is 24.7 Å². The molecule has 2 aromatic heterocycles. The fourth-order valence-corrected chi connectivity index (χ4v) is 2.54. The third-order valence-corrected chi connectivity index (χ3v) is 3.90. The number of rotatable bonds is 5. The number of morpholine rings is 1. The standard InChI is InChI=1S/C16H21N5O2/c1-2-20-12-17-10-14(20)11-19-15-4-3-13(9-18-15)16(22)21-5-7-23-8-6-21/h3-4,9-10,12H,2,5-8,11H2,1H3,(H,18,19). The second kappa shape index (κ2) is 7.23. The summed E-state index contributed by atoms with van der Waals surface area (Å²) in [5.74, 6) is 0.754. The molecule has 0 aromatic carbocycles. The summed E-state index contributed by atoms with van der Waals surface area (Å²) in [4.78, 5) is 22.6. The lowest BCUT2D eigenvalue weighted by molar-refractivity contribution is 0.0302. The monoisotopic (exact) mass is 315 g/mol. The number of imidazole rings is 1. The van der Waals surface area contributed by atoms with Crippen molar-refractivity contribution in [3.8, 4) is 0 Å². The highest BCUT2D eigenvalue weighted by Crippen LogP contribution is 2.11. The molecular formula is C16H21N5O2. The molecule has 122 valence electrons. The Hall–Kier alpha value is -2.41. The van der Waals surface area contributed by atoms with Crippen LogP contribution in [0.3, 0.4) is 0 Å². The first-order chi connectivity index (χ1) is 11.3. The molecule has 1 fully saturated rings. The number of pyridine rings is 1. The van der Waals surface area contributed by atoms with Crippen LogP contribution in [0.4, 0.5) is 5.82 Å². The van der Waals surface area contributed by atoms with Gasteiger partial charge in [0.05, 0.1) is 37.3 Å². The van der Waals surface area contributed by atoms with Gasteiger partial charge in [0.15, 0.2) is 0 Å². The van der Waals surface area contributed by atoms with E-state index >= 15 is 0 Å². The van der Waals surface area contributed by atoms with Gasteiger partial charge < -0.3 is 19.5 Å². The molecule has 0 aliphatic carbocycles. The number of ether oxygens (including phenoxy) is 1. The molecule has 1 aliphatic rings. The molecule has 1 aliphatic heterocycles. The topological polar surface area (TPSA) is 72.3 Å². The van der Waals surface area contributed by atoms with Crippen molar-refractivity contribution >= 4 is 11.7 Å². The number of aryl methyl sites for hydroxylation is 1. The molecule has 23 heavy (non-hydrogen) atoms. The Bertz CT molecular complexity index is 647. The van der Waals surface area contributed by atoms with E-state index in [2.05, 4.69) is 26.8 Å². The number of hydrogen-bond acceptors (Lipinski definition) is 5. The third-order valence-electron chi connectivity index (χ3n) is 3.90. The minimum absolute atomic E-state index is 0.0106. The zero-order valence-corrected chi connectivity index (χ0v) is 13.2. The lowest BCUT2D eigenvalue weighted by atomic mass is 10.2. The molecule has 0 atom stereocenters. The van der Waals surface area contributed by atoms with Gasteiger partial charge in [0.1, 0.15) is 5.82 Å². The maximum atomic E-state index is 12.3. The molecule has 1 amide bonds. The van der Waals surface area contributed by atoms with E-state index in [9.17, 15) is 4.79 Å². The molecule has 0 radical (unpaired) electrons. The Balaban J connectivity index is 1.59. The average Bonchev–Trinajstić information content (AvgIpc) is 3.08. The highest BCUT2D eigenvalue weighted by atomic mass is 16.5. The second-order valence-corrected chi connectivity index (χ2v) is 5.36. The SMILES string of the molecule is CCn1cncc1CNc1ccc(C(=O)N2CCOCC2)cn1. The van der Waals surface area contributed by atoms with Crippen LogP contribution in [0.1, 0.15) is 23.0 Å². The summed E-state index contributed by atoms with van der Waals surface area (Å²) in [6.07, 6.45) is 5.28. The molecule has 3 rings (SSSR count). The van der Waals surface area contributed by atoms with Crippen LogP contribution in [0.5, 0.6) is 0 Å². The van der Waals surface area contributed by atoms with Crippen LogP contribution in [-0.4, -0.2) is 51.6 Å². The quantitative estimate of drug-likeness (QED) is 0.902. The van der Waals surface area contributed by atoms with Crippen LogP contribution in [-0.2, 0) is 17.8 Å². The van der Waals surface area contributed by atoms with Crippen LogP contribution in [0.15, 0.2) is 30.9 Å². The van der Waals surface area contributed by atoms with Gasteiger partial charge >= 0.3 is 0 Å². The van der Waals surface area contributed by atoms with Gasteiger partial charge in [-0.2, -0.15) is 0 Å². The number of nitrogens with zero attached hydrogens (tertiary/aromatic N) is 4. The number of nitrogens with one attached hydrogen (secondary N) is 1. The van der Waals surface area contributed by atoms with Crippen molar-refractivity contribution in [2.75, 3.05) is 31.6 Å². The normalized spacial score (nSPS) is 14.7. The number of aromatic nitrogens is 3. The zero-order valence-electron chi connectivity index (χ0n) is 13.2. The third kappa shape index (κ3) is 3.68. The van der Waals surface area contributed by atoms with Gasteiger partial charge in [0.25, 0.3) is 5.91 Å². The summed E-state index contributed by atoms with van der Waals surface area (Å²) < 4.78 is 7.34. The molecule has 2 aromatic rings. The Labute approximate surface area is 135 Å². The number of hydrogen-bond donors (Lipinski definition) is 1. The van der Waals surface area contributed by atoms with E-state index in [4.69, 9.17) is 4.74 Å². The molecule has 0 spiro atoms. The highest BCUT2D eigenvalue weighted by Gasteiger charge is 2.18. The maximum Gasteiger partial charge on any atom is 0.255 e. The van der Waals surface area contributed by atoms with Gasteiger partial charge in [-0.25, -0.2) is 9.97 Å². The molecule has 0 saturated carbocycles. The van der Waals surface area contributed by atoms with E-state index in [0.29, 0.717) is 38.4 Å². The molecule has 1 saturated heterocycles. The summed E-state index contributed by atoms with van der Waals surface area (Å²) in [6.45, 7) is 6.10. The predicted octanol–water partition coefficient (Wildman–Crippen LogP) is 1.38. The van der Waals surface area contributed by atoms with Crippen molar-refractivity contribution in [2.45, 2.75) is 20.0 Å². The van der Waals surface area contributed by atoms with Crippen LogP contribution in [0.2, 0.25) is 0 Å². The van der Waals surface area contributed by atoms with Gasteiger partial charge in [-0.3, -0.25) is 4.79 Å². The fraction of sp³-hybridized carbons (Fsp3) is 0.438. The highest BCUT2D eigenvalue weighted by molar-refractivity contribution is 5.94. The van der Waals surface area contributed by atoms with Crippen molar-refractivity contribution in [1.82, 2.24) is 19.4 Å². The molecule has 0 unspecified atom stereocenters. The number of anilines is 1. The summed E-state index contributed by atoms with van der Waals surface area (Å²) in [5.41, 5.74) is 1.71. The van der Waals surface area contributed by atoms with E-state index in [1.54, 1.807) is 11.1 Å². The van der Waals surface area contributed by atoms with Crippen LogP contribution >= 0.6 is 0 Å². The van der Waals surface area contributed by atoms with Gasteiger partial charge in [-0.05, 0) is 19.1 Å². The molecule has 1 N–H and O–H groups in total. The summed E-state index contributed by atoms with van der Waals surface area (Å²) in [6, 6.07) is 3.64. The van der Waals surface area contributed by atoms with Crippen molar-refractivity contribution in [3.63, 3.8) is 0 Å². The predicted molar refractivity (Wildman–Crippen MR) is 86.2 cm³/mol. The Morgan fingerprint density at radius 1 is 1.30 bits per heavy atom. The first-order valence-electron chi connectivity index (χ1n) is 7.84. The molecule has 7 nitrogen and oxygen atoms in total. The molecule has 3 heterocycles. The van der Waals surface area contributed by atoms with Crippen LogP contribution in [0, 0.1) is 0 Å². The molecule has 0 bridgehead atoms. The molecule has 7 heteroatoms.